The number of hydrogen-bond acceptors (Lipinski definition) is 2. The second-order valence-electron chi connectivity index (χ2n) is 6.14. The summed E-state index contributed by atoms with van der Waals surface area (Å²) in [5, 5.41) is 13.6. The fourth-order valence-electron chi connectivity index (χ4n) is 3.78. The van der Waals surface area contributed by atoms with Crippen LogP contribution in [0.1, 0.15) is 37.7 Å². The molecule has 1 unspecified atom stereocenters. The third-order valence-corrected chi connectivity index (χ3v) is 4.97. The number of fused-ring (bicyclic) bond motifs is 1. The topological polar surface area (TPSA) is 32.3 Å². The lowest BCUT2D eigenvalue weighted by molar-refractivity contribution is -0.0558. The molecule has 0 saturated heterocycles. The van der Waals surface area contributed by atoms with Crippen LogP contribution in [0.5, 0.6) is 0 Å². The summed E-state index contributed by atoms with van der Waals surface area (Å²) in [7, 11) is 0. The zero-order chi connectivity index (χ0) is 13.4. The number of rotatable bonds is 4. The number of halogens is 1. The molecule has 2 nitrogen and oxygen atoms in total. The highest BCUT2D eigenvalue weighted by Crippen LogP contribution is 2.47. The Morgan fingerprint density at radius 2 is 2.16 bits per heavy atom. The van der Waals surface area contributed by atoms with Gasteiger partial charge in [0.15, 0.2) is 0 Å². The smallest absolute Gasteiger partial charge is 0.123 e. The van der Waals surface area contributed by atoms with Crippen LogP contribution in [0.15, 0.2) is 24.3 Å². The third-order valence-electron chi connectivity index (χ3n) is 4.97. The Labute approximate surface area is 114 Å². The standard InChI is InChI=1S/C16H22FNO/c1-10(11-4-2-5-12(17)8-11)9-18-15-13-6-3-7-14(13)16(15)19/h2,4-5,8,10,13-16,18-19H,3,6-7,9H2,1H3/t10?,13-,14+,15-,16+/m0/s1. The lowest BCUT2D eigenvalue weighted by atomic mass is 9.68. The van der Waals surface area contributed by atoms with Gasteiger partial charge in [0.05, 0.1) is 6.10 Å². The van der Waals surface area contributed by atoms with Gasteiger partial charge in [-0.2, -0.15) is 0 Å². The van der Waals surface area contributed by atoms with Crippen molar-refractivity contribution in [3.8, 4) is 0 Å². The van der Waals surface area contributed by atoms with Crippen molar-refractivity contribution < 1.29 is 9.50 Å². The fourth-order valence-corrected chi connectivity index (χ4v) is 3.78. The minimum atomic E-state index is -0.177. The lowest BCUT2D eigenvalue weighted by Gasteiger charge is -2.46. The van der Waals surface area contributed by atoms with Crippen molar-refractivity contribution in [1.82, 2.24) is 5.32 Å². The molecule has 104 valence electrons. The van der Waals surface area contributed by atoms with Gasteiger partial charge in [-0.15, -0.1) is 0 Å². The number of hydrogen-bond donors (Lipinski definition) is 2. The highest BCUT2D eigenvalue weighted by atomic mass is 19.1. The number of benzene rings is 1. The molecule has 0 bridgehead atoms. The maximum atomic E-state index is 13.2. The molecule has 2 N–H and O–H groups in total. The molecule has 2 saturated carbocycles. The Hall–Kier alpha value is -0.930. The maximum Gasteiger partial charge on any atom is 0.123 e. The lowest BCUT2D eigenvalue weighted by Crippen LogP contribution is -2.60. The van der Waals surface area contributed by atoms with E-state index in [0.29, 0.717) is 11.8 Å². The predicted octanol–water partition coefficient (Wildman–Crippen LogP) is 2.68. The van der Waals surface area contributed by atoms with Gasteiger partial charge in [-0.25, -0.2) is 4.39 Å². The van der Waals surface area contributed by atoms with Crippen LogP contribution in [0.25, 0.3) is 0 Å². The first kappa shape index (κ1) is 13.1. The van der Waals surface area contributed by atoms with Crippen LogP contribution in [0, 0.1) is 17.7 Å². The molecular weight excluding hydrogens is 241 g/mol. The monoisotopic (exact) mass is 263 g/mol. The summed E-state index contributed by atoms with van der Waals surface area (Å²) in [4.78, 5) is 0. The highest BCUT2D eigenvalue weighted by Gasteiger charge is 2.51. The first-order chi connectivity index (χ1) is 9.16. The van der Waals surface area contributed by atoms with Crippen LogP contribution >= 0.6 is 0 Å². The molecule has 0 aromatic heterocycles. The molecule has 1 aromatic rings. The summed E-state index contributed by atoms with van der Waals surface area (Å²) in [6.45, 7) is 2.90. The summed E-state index contributed by atoms with van der Waals surface area (Å²) in [6.07, 6.45) is 3.51. The molecule has 0 radical (unpaired) electrons. The van der Waals surface area contributed by atoms with E-state index in [0.717, 1.165) is 12.1 Å². The highest BCUT2D eigenvalue weighted by molar-refractivity contribution is 5.20. The molecule has 2 aliphatic carbocycles. The second-order valence-corrected chi connectivity index (χ2v) is 6.14. The zero-order valence-corrected chi connectivity index (χ0v) is 11.3. The van der Waals surface area contributed by atoms with E-state index in [1.54, 1.807) is 12.1 Å². The van der Waals surface area contributed by atoms with E-state index >= 15 is 0 Å². The van der Waals surface area contributed by atoms with E-state index in [-0.39, 0.29) is 23.9 Å². The summed E-state index contributed by atoms with van der Waals surface area (Å²) in [6, 6.07) is 7.05. The first-order valence-corrected chi connectivity index (χ1v) is 7.33. The average Bonchev–Trinajstić information content (AvgIpc) is 2.83. The molecule has 19 heavy (non-hydrogen) atoms. The Bertz CT molecular complexity index is 450. The quantitative estimate of drug-likeness (QED) is 0.875. The SMILES string of the molecule is CC(CN[C@@H]1[C@H](O)[C@@H]2CCC[C@@H]21)c1cccc(F)c1. The Morgan fingerprint density at radius 1 is 1.37 bits per heavy atom. The van der Waals surface area contributed by atoms with Crippen molar-refractivity contribution >= 4 is 0 Å². The molecule has 2 fully saturated rings. The van der Waals surface area contributed by atoms with Crippen LogP contribution in [-0.2, 0) is 0 Å². The van der Waals surface area contributed by atoms with Gasteiger partial charge in [0.1, 0.15) is 5.82 Å². The molecule has 3 rings (SSSR count). The molecule has 0 amide bonds. The number of aliphatic hydroxyl groups excluding tert-OH is 1. The van der Waals surface area contributed by atoms with Gasteiger partial charge in [0.25, 0.3) is 0 Å². The molecule has 3 heteroatoms. The van der Waals surface area contributed by atoms with E-state index < -0.39 is 0 Å². The average molecular weight is 263 g/mol. The number of aliphatic hydroxyl groups is 1. The van der Waals surface area contributed by atoms with E-state index in [2.05, 4.69) is 12.2 Å². The van der Waals surface area contributed by atoms with Gasteiger partial charge in [0.2, 0.25) is 0 Å². The van der Waals surface area contributed by atoms with Crippen molar-refractivity contribution in [2.45, 2.75) is 44.2 Å². The van der Waals surface area contributed by atoms with Crippen LogP contribution < -0.4 is 5.32 Å². The van der Waals surface area contributed by atoms with Crippen molar-refractivity contribution in [3.63, 3.8) is 0 Å². The largest absolute Gasteiger partial charge is 0.391 e. The summed E-state index contributed by atoms with van der Waals surface area (Å²) in [5.41, 5.74) is 1.02. The Morgan fingerprint density at radius 3 is 2.95 bits per heavy atom. The van der Waals surface area contributed by atoms with Crippen LogP contribution in [0.4, 0.5) is 4.39 Å². The van der Waals surface area contributed by atoms with Gasteiger partial charge >= 0.3 is 0 Å². The van der Waals surface area contributed by atoms with Crippen LogP contribution in [0.3, 0.4) is 0 Å². The molecular formula is C16H22FNO. The minimum absolute atomic E-state index is 0.174. The third kappa shape index (κ3) is 2.41. The second kappa shape index (κ2) is 5.22. The van der Waals surface area contributed by atoms with Gasteiger partial charge in [-0.3, -0.25) is 0 Å². The van der Waals surface area contributed by atoms with Gasteiger partial charge in [0, 0.05) is 12.6 Å². The molecule has 2 aliphatic rings. The van der Waals surface area contributed by atoms with Crippen molar-refractivity contribution in [2.75, 3.05) is 6.54 Å². The molecule has 0 heterocycles. The van der Waals surface area contributed by atoms with Crippen LogP contribution in [0.2, 0.25) is 0 Å². The van der Waals surface area contributed by atoms with Crippen molar-refractivity contribution in [2.24, 2.45) is 11.8 Å². The van der Waals surface area contributed by atoms with E-state index in [1.807, 2.05) is 6.07 Å². The fraction of sp³-hybridized carbons (Fsp3) is 0.625. The first-order valence-electron chi connectivity index (χ1n) is 7.33. The normalized spacial score (nSPS) is 34.7. The zero-order valence-electron chi connectivity index (χ0n) is 11.3. The van der Waals surface area contributed by atoms with Crippen molar-refractivity contribution in [3.05, 3.63) is 35.6 Å². The Kier molecular flexibility index (Phi) is 3.59. The summed E-state index contributed by atoms with van der Waals surface area (Å²) in [5.74, 6) is 1.28. The van der Waals surface area contributed by atoms with Crippen molar-refractivity contribution in [1.29, 1.82) is 0 Å². The minimum Gasteiger partial charge on any atom is -0.391 e. The van der Waals surface area contributed by atoms with E-state index in [9.17, 15) is 9.50 Å². The Balaban J connectivity index is 1.55. The maximum absolute atomic E-state index is 13.2. The molecule has 1 aromatic carbocycles. The van der Waals surface area contributed by atoms with Gasteiger partial charge in [-0.05, 0) is 48.3 Å². The number of nitrogens with one attached hydrogen (secondary N) is 1. The van der Waals surface area contributed by atoms with E-state index in [4.69, 9.17) is 0 Å². The molecule has 0 aliphatic heterocycles. The van der Waals surface area contributed by atoms with E-state index in [1.165, 1.54) is 25.3 Å². The summed E-state index contributed by atoms with van der Waals surface area (Å²) < 4.78 is 13.2. The molecule has 0 spiro atoms. The van der Waals surface area contributed by atoms with Gasteiger partial charge in [-0.1, -0.05) is 25.5 Å². The predicted molar refractivity (Wildman–Crippen MR) is 73.4 cm³/mol. The van der Waals surface area contributed by atoms with Crippen LogP contribution in [-0.4, -0.2) is 23.8 Å². The van der Waals surface area contributed by atoms with Gasteiger partial charge < -0.3 is 10.4 Å². The molecule has 5 atom stereocenters. The summed E-state index contributed by atoms with van der Waals surface area (Å²) >= 11 is 0.